The molecule has 0 unspecified atom stereocenters. The van der Waals surface area contributed by atoms with Gasteiger partial charge in [-0.15, -0.1) is 0 Å². The maximum absolute atomic E-state index is 10.9. The van der Waals surface area contributed by atoms with Gasteiger partial charge in [0.2, 0.25) is 0 Å². The first-order valence-corrected chi connectivity index (χ1v) is 4.79. The van der Waals surface area contributed by atoms with Crippen molar-refractivity contribution in [3.05, 3.63) is 27.9 Å². The number of H-pyrrole nitrogens is 1. The van der Waals surface area contributed by atoms with E-state index in [9.17, 15) is 4.79 Å². The second-order valence-electron chi connectivity index (χ2n) is 2.57. The number of nitrogens with one attached hydrogen (secondary N) is 1. The van der Waals surface area contributed by atoms with Crippen LogP contribution in [0.15, 0.2) is 10.9 Å². The molecule has 1 rings (SSSR count). The third-order valence-corrected chi connectivity index (χ3v) is 1.42. The Bertz CT molecular complexity index is 291. The number of aromatic nitrogens is 2. The van der Waals surface area contributed by atoms with Crippen LogP contribution in [0.25, 0.3) is 0 Å². The van der Waals surface area contributed by atoms with E-state index in [2.05, 4.69) is 16.9 Å². The summed E-state index contributed by atoms with van der Waals surface area (Å²) in [6, 6.07) is 1.55. The maximum atomic E-state index is 10.9. The fraction of sp³-hybridized carbons (Fsp3) is 0.600. The van der Waals surface area contributed by atoms with Crippen molar-refractivity contribution in [2.24, 2.45) is 0 Å². The molecule has 0 bridgehead atoms. The van der Waals surface area contributed by atoms with E-state index in [1.165, 1.54) is 0 Å². The van der Waals surface area contributed by atoms with Gasteiger partial charge in [-0.05, 0) is 13.3 Å². The van der Waals surface area contributed by atoms with Gasteiger partial charge in [-0.25, -0.2) is 4.98 Å². The second kappa shape index (κ2) is 6.40. The summed E-state index contributed by atoms with van der Waals surface area (Å²) in [6.07, 6.45) is 1.90. The van der Waals surface area contributed by atoms with E-state index in [-0.39, 0.29) is 5.56 Å². The van der Waals surface area contributed by atoms with Gasteiger partial charge in [-0.3, -0.25) is 4.79 Å². The van der Waals surface area contributed by atoms with Gasteiger partial charge in [0.1, 0.15) is 5.82 Å². The number of nitrogens with zero attached hydrogens (tertiary/aromatic N) is 1. The van der Waals surface area contributed by atoms with E-state index in [4.69, 9.17) is 0 Å². The Morgan fingerprint density at radius 3 is 2.54 bits per heavy atom. The standard InChI is InChI=1S/C8H12N2O.C2H6/c1-3-4-7-5-8(11)10-6(2)9-7;1-2/h5H,3-4H2,1-2H3,(H,9,10,11);1-2H3. The third kappa shape index (κ3) is 4.45. The van der Waals surface area contributed by atoms with E-state index < -0.39 is 0 Å². The monoisotopic (exact) mass is 182 g/mol. The van der Waals surface area contributed by atoms with Crippen LogP contribution in [0.5, 0.6) is 0 Å². The van der Waals surface area contributed by atoms with E-state index >= 15 is 0 Å². The summed E-state index contributed by atoms with van der Waals surface area (Å²) in [7, 11) is 0. The largest absolute Gasteiger partial charge is 0.311 e. The summed E-state index contributed by atoms with van der Waals surface area (Å²) in [4.78, 5) is 17.7. The summed E-state index contributed by atoms with van der Waals surface area (Å²) in [6.45, 7) is 7.86. The molecule has 0 saturated carbocycles. The minimum atomic E-state index is -0.0547. The van der Waals surface area contributed by atoms with Crippen molar-refractivity contribution in [2.75, 3.05) is 0 Å². The Labute approximate surface area is 79.2 Å². The van der Waals surface area contributed by atoms with Crippen molar-refractivity contribution in [1.29, 1.82) is 0 Å². The Morgan fingerprint density at radius 2 is 2.08 bits per heavy atom. The molecule has 0 aromatic carbocycles. The molecule has 3 nitrogen and oxygen atoms in total. The fourth-order valence-electron chi connectivity index (χ4n) is 1.03. The molecule has 74 valence electrons. The van der Waals surface area contributed by atoms with Crippen LogP contribution in [0, 0.1) is 6.92 Å². The zero-order chi connectivity index (χ0) is 10.3. The van der Waals surface area contributed by atoms with E-state index in [0.717, 1.165) is 18.5 Å². The minimum Gasteiger partial charge on any atom is -0.311 e. The highest BCUT2D eigenvalue weighted by atomic mass is 16.1. The number of rotatable bonds is 2. The van der Waals surface area contributed by atoms with Crippen molar-refractivity contribution in [2.45, 2.75) is 40.5 Å². The van der Waals surface area contributed by atoms with E-state index in [1.807, 2.05) is 13.8 Å². The molecule has 0 amide bonds. The molecule has 1 aromatic rings. The van der Waals surface area contributed by atoms with Crippen molar-refractivity contribution in [1.82, 2.24) is 9.97 Å². The Kier molecular flexibility index (Phi) is 5.85. The van der Waals surface area contributed by atoms with Gasteiger partial charge in [-0.1, -0.05) is 27.2 Å². The normalized spacial score (nSPS) is 8.92. The number of aryl methyl sites for hydroxylation is 2. The molecule has 3 heteroatoms. The molecule has 0 aliphatic heterocycles. The number of aromatic amines is 1. The van der Waals surface area contributed by atoms with Crippen LogP contribution >= 0.6 is 0 Å². The molecule has 0 saturated heterocycles. The summed E-state index contributed by atoms with van der Waals surface area (Å²) in [5, 5.41) is 0. The maximum Gasteiger partial charge on any atom is 0.251 e. The predicted octanol–water partition coefficient (Wildman–Crippen LogP) is 2.06. The number of hydrogen-bond acceptors (Lipinski definition) is 2. The average molecular weight is 182 g/mol. The van der Waals surface area contributed by atoms with E-state index in [0.29, 0.717) is 5.82 Å². The highest BCUT2D eigenvalue weighted by Crippen LogP contribution is 1.94. The van der Waals surface area contributed by atoms with Crippen molar-refractivity contribution >= 4 is 0 Å². The second-order valence-corrected chi connectivity index (χ2v) is 2.57. The highest BCUT2D eigenvalue weighted by molar-refractivity contribution is 5.01. The lowest BCUT2D eigenvalue weighted by atomic mass is 10.2. The minimum absolute atomic E-state index is 0.0547. The van der Waals surface area contributed by atoms with Crippen LogP contribution < -0.4 is 5.56 Å². The first-order chi connectivity index (χ1) is 6.22. The molecule has 1 heterocycles. The third-order valence-electron chi connectivity index (χ3n) is 1.42. The lowest BCUT2D eigenvalue weighted by Gasteiger charge is -1.97. The molecule has 0 spiro atoms. The van der Waals surface area contributed by atoms with Gasteiger partial charge < -0.3 is 4.98 Å². The van der Waals surface area contributed by atoms with Crippen LogP contribution in [0.1, 0.15) is 38.7 Å². The molecule has 1 aromatic heterocycles. The predicted molar refractivity (Wildman–Crippen MR) is 54.9 cm³/mol. The summed E-state index contributed by atoms with van der Waals surface area (Å²) in [5.74, 6) is 0.695. The van der Waals surface area contributed by atoms with Crippen LogP contribution in [-0.4, -0.2) is 9.97 Å². The topological polar surface area (TPSA) is 45.8 Å². The average Bonchev–Trinajstić information content (AvgIpc) is 2.06. The molecule has 0 aliphatic rings. The van der Waals surface area contributed by atoms with Crippen LogP contribution in [-0.2, 0) is 6.42 Å². The highest BCUT2D eigenvalue weighted by Gasteiger charge is 1.95. The van der Waals surface area contributed by atoms with Gasteiger partial charge in [-0.2, -0.15) is 0 Å². The first-order valence-electron chi connectivity index (χ1n) is 4.79. The Balaban J connectivity index is 0.000000671. The molecule has 0 aliphatic carbocycles. The molecule has 0 radical (unpaired) electrons. The van der Waals surface area contributed by atoms with Gasteiger partial charge in [0, 0.05) is 11.8 Å². The Hall–Kier alpha value is -1.12. The van der Waals surface area contributed by atoms with Gasteiger partial charge >= 0.3 is 0 Å². The number of hydrogen-bond donors (Lipinski definition) is 1. The molecular weight excluding hydrogens is 164 g/mol. The summed E-state index contributed by atoms with van der Waals surface area (Å²) >= 11 is 0. The summed E-state index contributed by atoms with van der Waals surface area (Å²) in [5.41, 5.74) is 0.828. The van der Waals surface area contributed by atoms with Crippen LogP contribution in [0.4, 0.5) is 0 Å². The lowest BCUT2D eigenvalue weighted by molar-refractivity contribution is 0.848. The van der Waals surface area contributed by atoms with E-state index in [1.54, 1.807) is 13.0 Å². The summed E-state index contributed by atoms with van der Waals surface area (Å²) < 4.78 is 0. The van der Waals surface area contributed by atoms with Crippen molar-refractivity contribution in [3.63, 3.8) is 0 Å². The van der Waals surface area contributed by atoms with Crippen LogP contribution in [0.3, 0.4) is 0 Å². The molecule has 0 fully saturated rings. The zero-order valence-electron chi connectivity index (χ0n) is 8.85. The zero-order valence-corrected chi connectivity index (χ0v) is 8.85. The van der Waals surface area contributed by atoms with Crippen molar-refractivity contribution < 1.29 is 0 Å². The molecule has 1 N–H and O–H groups in total. The fourth-order valence-corrected chi connectivity index (χ4v) is 1.03. The smallest absolute Gasteiger partial charge is 0.251 e. The SMILES string of the molecule is CC.CCCc1cc(=O)[nH]c(C)n1. The molecule has 0 atom stereocenters. The van der Waals surface area contributed by atoms with Gasteiger partial charge in [0.25, 0.3) is 5.56 Å². The molecular formula is C10H18N2O. The Morgan fingerprint density at radius 1 is 1.46 bits per heavy atom. The first kappa shape index (κ1) is 11.9. The lowest BCUT2D eigenvalue weighted by Crippen LogP contribution is -2.10. The van der Waals surface area contributed by atoms with Gasteiger partial charge in [0.05, 0.1) is 0 Å². The van der Waals surface area contributed by atoms with Crippen LogP contribution in [0.2, 0.25) is 0 Å². The van der Waals surface area contributed by atoms with Crippen molar-refractivity contribution in [3.8, 4) is 0 Å². The van der Waals surface area contributed by atoms with Gasteiger partial charge in [0.15, 0.2) is 0 Å². The quantitative estimate of drug-likeness (QED) is 0.761. The molecule has 13 heavy (non-hydrogen) atoms.